The van der Waals surface area contributed by atoms with Crippen LogP contribution in [0.3, 0.4) is 0 Å². The lowest BCUT2D eigenvalue weighted by molar-refractivity contribution is 0.0122. The average molecular weight is 240 g/mol. The van der Waals surface area contributed by atoms with Crippen molar-refractivity contribution in [3.8, 4) is 0 Å². The highest BCUT2D eigenvalue weighted by molar-refractivity contribution is 4.94. The fourth-order valence-electron chi connectivity index (χ4n) is 2.96. The molecular formula is C15H32N2. The summed E-state index contributed by atoms with van der Waals surface area (Å²) in [6, 6.07) is 1.34. The maximum atomic E-state index is 3.73. The van der Waals surface area contributed by atoms with E-state index in [0.717, 1.165) is 12.5 Å². The van der Waals surface area contributed by atoms with Gasteiger partial charge in [0.05, 0.1) is 0 Å². The van der Waals surface area contributed by atoms with Gasteiger partial charge in [0, 0.05) is 30.7 Å². The van der Waals surface area contributed by atoms with Gasteiger partial charge in [0.1, 0.15) is 0 Å². The zero-order chi connectivity index (χ0) is 13.1. The molecule has 1 rings (SSSR count). The Kier molecular flexibility index (Phi) is 5.46. The normalized spacial score (nSPS) is 29.3. The summed E-state index contributed by atoms with van der Waals surface area (Å²) in [7, 11) is 0. The molecule has 17 heavy (non-hydrogen) atoms. The molecule has 0 amide bonds. The van der Waals surface area contributed by atoms with Crippen LogP contribution in [0.25, 0.3) is 0 Å². The molecule has 0 radical (unpaired) electrons. The maximum absolute atomic E-state index is 3.73. The zero-order valence-electron chi connectivity index (χ0n) is 12.7. The van der Waals surface area contributed by atoms with E-state index in [4.69, 9.17) is 0 Å². The predicted octanol–water partition coefficient (Wildman–Crippen LogP) is 3.27. The Morgan fingerprint density at radius 2 is 1.88 bits per heavy atom. The van der Waals surface area contributed by atoms with E-state index < -0.39 is 0 Å². The molecule has 0 saturated carbocycles. The van der Waals surface area contributed by atoms with Gasteiger partial charge in [0.25, 0.3) is 0 Å². The quantitative estimate of drug-likeness (QED) is 0.793. The van der Waals surface area contributed by atoms with E-state index in [1.165, 1.54) is 25.8 Å². The SMILES string of the molecule is CCC(C)C1CN(C(C)(CC)CC)C(C)CN1. The summed E-state index contributed by atoms with van der Waals surface area (Å²) in [5.41, 5.74) is 0.382. The third-order valence-corrected chi connectivity index (χ3v) is 5.15. The molecule has 0 aromatic rings. The molecule has 0 aromatic heterocycles. The minimum Gasteiger partial charge on any atom is -0.311 e. The van der Waals surface area contributed by atoms with E-state index in [9.17, 15) is 0 Å². The third-order valence-electron chi connectivity index (χ3n) is 5.15. The van der Waals surface area contributed by atoms with Crippen molar-refractivity contribution < 1.29 is 0 Å². The molecule has 1 aliphatic heterocycles. The number of nitrogens with zero attached hydrogens (tertiary/aromatic N) is 1. The Labute approximate surface area is 108 Å². The van der Waals surface area contributed by atoms with Crippen LogP contribution < -0.4 is 5.32 Å². The molecule has 1 heterocycles. The third kappa shape index (κ3) is 3.23. The Morgan fingerprint density at radius 3 is 2.35 bits per heavy atom. The smallest absolute Gasteiger partial charge is 0.0221 e. The van der Waals surface area contributed by atoms with Gasteiger partial charge < -0.3 is 5.32 Å². The highest BCUT2D eigenvalue weighted by Crippen LogP contribution is 2.28. The fraction of sp³-hybridized carbons (Fsp3) is 1.00. The number of piperazine rings is 1. The first kappa shape index (κ1) is 15.0. The van der Waals surface area contributed by atoms with Crippen LogP contribution in [0.4, 0.5) is 0 Å². The van der Waals surface area contributed by atoms with Gasteiger partial charge in [-0.15, -0.1) is 0 Å². The number of rotatable bonds is 5. The summed E-state index contributed by atoms with van der Waals surface area (Å²) in [4.78, 5) is 2.75. The van der Waals surface area contributed by atoms with Crippen molar-refractivity contribution in [2.45, 2.75) is 78.4 Å². The molecule has 1 aliphatic rings. The zero-order valence-corrected chi connectivity index (χ0v) is 12.7. The van der Waals surface area contributed by atoms with Gasteiger partial charge in [0.15, 0.2) is 0 Å². The molecule has 1 saturated heterocycles. The van der Waals surface area contributed by atoms with Crippen LogP contribution in [0.5, 0.6) is 0 Å². The monoisotopic (exact) mass is 240 g/mol. The molecule has 0 bridgehead atoms. The van der Waals surface area contributed by atoms with Gasteiger partial charge >= 0.3 is 0 Å². The summed E-state index contributed by atoms with van der Waals surface area (Å²) in [5.74, 6) is 0.781. The van der Waals surface area contributed by atoms with Gasteiger partial charge in [-0.25, -0.2) is 0 Å². The minimum atomic E-state index is 0.382. The van der Waals surface area contributed by atoms with Gasteiger partial charge in [-0.3, -0.25) is 4.90 Å². The van der Waals surface area contributed by atoms with Crippen molar-refractivity contribution in [2.24, 2.45) is 5.92 Å². The number of nitrogens with one attached hydrogen (secondary N) is 1. The molecule has 2 heteroatoms. The lowest BCUT2D eigenvalue weighted by atomic mass is 9.87. The van der Waals surface area contributed by atoms with Crippen molar-refractivity contribution >= 4 is 0 Å². The van der Waals surface area contributed by atoms with Crippen molar-refractivity contribution in [1.29, 1.82) is 0 Å². The second-order valence-corrected chi connectivity index (χ2v) is 6.11. The van der Waals surface area contributed by atoms with Crippen molar-refractivity contribution in [3.63, 3.8) is 0 Å². The maximum Gasteiger partial charge on any atom is 0.0221 e. The standard InChI is InChI=1S/C15H32N2/c1-7-12(4)14-11-17(13(5)10-16-14)15(6,8-2)9-3/h12-14,16H,7-11H2,1-6H3. The first-order valence-electron chi connectivity index (χ1n) is 7.48. The summed E-state index contributed by atoms with van der Waals surface area (Å²) in [6.07, 6.45) is 3.77. The van der Waals surface area contributed by atoms with Gasteiger partial charge in [0.2, 0.25) is 0 Å². The second-order valence-electron chi connectivity index (χ2n) is 6.11. The number of hydrogen-bond acceptors (Lipinski definition) is 2. The van der Waals surface area contributed by atoms with Crippen LogP contribution in [0.2, 0.25) is 0 Å². The van der Waals surface area contributed by atoms with E-state index in [1.807, 2.05) is 0 Å². The molecule has 1 N–H and O–H groups in total. The minimum absolute atomic E-state index is 0.382. The molecule has 3 atom stereocenters. The molecule has 3 unspecified atom stereocenters. The van der Waals surface area contributed by atoms with E-state index in [0.29, 0.717) is 17.6 Å². The van der Waals surface area contributed by atoms with Crippen molar-refractivity contribution in [2.75, 3.05) is 13.1 Å². The largest absolute Gasteiger partial charge is 0.311 e. The second kappa shape index (κ2) is 6.19. The topological polar surface area (TPSA) is 15.3 Å². The Balaban J connectivity index is 2.75. The molecule has 0 aromatic carbocycles. The highest BCUT2D eigenvalue weighted by Gasteiger charge is 2.37. The van der Waals surface area contributed by atoms with Gasteiger partial charge in [-0.2, -0.15) is 0 Å². The molecule has 0 aliphatic carbocycles. The lowest BCUT2D eigenvalue weighted by Crippen LogP contribution is -2.63. The van der Waals surface area contributed by atoms with Gasteiger partial charge in [-0.1, -0.05) is 34.1 Å². The van der Waals surface area contributed by atoms with Crippen LogP contribution in [-0.2, 0) is 0 Å². The average Bonchev–Trinajstić information content (AvgIpc) is 2.37. The lowest BCUT2D eigenvalue weighted by Gasteiger charge is -2.50. The summed E-state index contributed by atoms with van der Waals surface area (Å²) >= 11 is 0. The van der Waals surface area contributed by atoms with Crippen molar-refractivity contribution in [1.82, 2.24) is 10.2 Å². The van der Waals surface area contributed by atoms with Gasteiger partial charge in [-0.05, 0) is 32.6 Å². The fourth-order valence-corrected chi connectivity index (χ4v) is 2.96. The van der Waals surface area contributed by atoms with E-state index in [1.54, 1.807) is 0 Å². The van der Waals surface area contributed by atoms with E-state index >= 15 is 0 Å². The Hall–Kier alpha value is -0.0800. The van der Waals surface area contributed by atoms with E-state index in [-0.39, 0.29) is 0 Å². The molecular weight excluding hydrogens is 208 g/mol. The van der Waals surface area contributed by atoms with Crippen LogP contribution in [0, 0.1) is 5.92 Å². The summed E-state index contributed by atoms with van der Waals surface area (Å²) in [5, 5.41) is 3.73. The highest BCUT2D eigenvalue weighted by atomic mass is 15.3. The molecule has 0 spiro atoms. The van der Waals surface area contributed by atoms with E-state index in [2.05, 4.69) is 51.8 Å². The number of hydrogen-bond donors (Lipinski definition) is 1. The molecule has 1 fully saturated rings. The molecule has 2 nitrogen and oxygen atoms in total. The Morgan fingerprint density at radius 1 is 1.29 bits per heavy atom. The van der Waals surface area contributed by atoms with Crippen LogP contribution in [0.1, 0.15) is 60.8 Å². The first-order valence-corrected chi connectivity index (χ1v) is 7.48. The first-order chi connectivity index (χ1) is 7.98. The van der Waals surface area contributed by atoms with Crippen molar-refractivity contribution in [3.05, 3.63) is 0 Å². The predicted molar refractivity (Wildman–Crippen MR) is 76.4 cm³/mol. The summed E-state index contributed by atoms with van der Waals surface area (Å²) in [6.45, 7) is 16.5. The molecule has 102 valence electrons. The summed E-state index contributed by atoms with van der Waals surface area (Å²) < 4.78 is 0. The van der Waals surface area contributed by atoms with Crippen LogP contribution in [0.15, 0.2) is 0 Å². The Bertz CT molecular complexity index is 223. The van der Waals surface area contributed by atoms with Crippen LogP contribution in [-0.4, -0.2) is 35.6 Å². The van der Waals surface area contributed by atoms with Crippen LogP contribution >= 0.6 is 0 Å².